The summed E-state index contributed by atoms with van der Waals surface area (Å²) in [4.78, 5) is 11.4. The van der Waals surface area contributed by atoms with Gasteiger partial charge in [0.25, 0.3) is 0 Å². The maximum Gasteiger partial charge on any atom is 0.407 e. The maximum atomic E-state index is 11.4. The summed E-state index contributed by atoms with van der Waals surface area (Å²) in [6.45, 7) is 9.30. The number of carbonyl (C=O) groups excluding carboxylic acids is 1. The predicted molar refractivity (Wildman–Crippen MR) is 74.5 cm³/mol. The fourth-order valence-corrected chi connectivity index (χ4v) is 1.30. The number of rotatable bonds is 7. The molecule has 0 aliphatic rings. The third-order valence-corrected chi connectivity index (χ3v) is 2.16. The average Bonchev–Trinajstić information content (AvgIpc) is 2.26. The molecule has 1 amide bonds. The Bertz CT molecular complexity index is 259. The molecule has 18 heavy (non-hydrogen) atoms. The molecular weight excluding hydrogens is 230 g/mol. The van der Waals surface area contributed by atoms with Crippen LogP contribution in [0, 0.1) is 0 Å². The lowest BCUT2D eigenvalue weighted by Crippen LogP contribution is -2.46. The number of carbonyl (C=O) groups is 1. The Kier molecular flexibility index (Phi) is 8.41. The second-order valence-electron chi connectivity index (χ2n) is 5.13. The van der Waals surface area contributed by atoms with Gasteiger partial charge in [-0.25, -0.2) is 4.79 Å². The van der Waals surface area contributed by atoms with Crippen molar-refractivity contribution in [1.29, 1.82) is 0 Å². The van der Waals surface area contributed by atoms with Crippen molar-refractivity contribution in [3.8, 4) is 0 Å². The van der Waals surface area contributed by atoms with E-state index in [4.69, 9.17) is 10.5 Å². The fraction of sp³-hybridized carbons (Fsp3) is 0.769. The van der Waals surface area contributed by atoms with Crippen molar-refractivity contribution in [2.45, 2.75) is 45.8 Å². The predicted octanol–water partition coefficient (Wildman–Crippen LogP) is 1.39. The lowest BCUT2D eigenvalue weighted by molar-refractivity contribution is 0.0523. The van der Waals surface area contributed by atoms with Crippen LogP contribution in [0.15, 0.2) is 12.2 Å². The molecule has 0 aromatic rings. The average molecular weight is 257 g/mol. The molecule has 0 rings (SSSR count). The third kappa shape index (κ3) is 10.1. The Labute approximate surface area is 110 Å². The van der Waals surface area contributed by atoms with Crippen LogP contribution in [0.1, 0.15) is 34.1 Å². The summed E-state index contributed by atoms with van der Waals surface area (Å²) in [5, 5.41) is 5.99. The molecule has 5 heteroatoms. The number of hydrogen-bond acceptors (Lipinski definition) is 4. The van der Waals surface area contributed by atoms with Crippen molar-refractivity contribution >= 4 is 6.09 Å². The Morgan fingerprint density at radius 3 is 2.61 bits per heavy atom. The Balaban J connectivity index is 3.82. The second-order valence-corrected chi connectivity index (χ2v) is 5.13. The highest BCUT2D eigenvalue weighted by Gasteiger charge is 2.16. The van der Waals surface area contributed by atoms with Crippen LogP contribution in [0.25, 0.3) is 0 Å². The van der Waals surface area contributed by atoms with Gasteiger partial charge in [-0.1, -0.05) is 12.2 Å². The molecule has 1 atom stereocenters. The highest BCUT2D eigenvalue weighted by atomic mass is 16.6. The van der Waals surface area contributed by atoms with Gasteiger partial charge >= 0.3 is 6.09 Å². The summed E-state index contributed by atoms with van der Waals surface area (Å²) in [5.74, 6) is 0. The first-order chi connectivity index (χ1) is 8.39. The molecule has 0 bridgehead atoms. The van der Waals surface area contributed by atoms with Crippen molar-refractivity contribution in [2.24, 2.45) is 5.73 Å². The van der Waals surface area contributed by atoms with E-state index in [-0.39, 0.29) is 6.04 Å². The molecule has 0 fully saturated rings. The summed E-state index contributed by atoms with van der Waals surface area (Å²) < 4.78 is 5.15. The van der Waals surface area contributed by atoms with Gasteiger partial charge in [-0.3, -0.25) is 0 Å². The van der Waals surface area contributed by atoms with Gasteiger partial charge in [0.1, 0.15) is 5.60 Å². The normalized spacial score (nSPS) is 13.6. The molecular formula is C13H27N3O2. The van der Waals surface area contributed by atoms with E-state index in [9.17, 15) is 4.79 Å². The largest absolute Gasteiger partial charge is 0.444 e. The fourth-order valence-electron chi connectivity index (χ4n) is 1.30. The zero-order chi connectivity index (χ0) is 14.0. The monoisotopic (exact) mass is 257 g/mol. The lowest BCUT2D eigenvalue weighted by atomic mass is 10.2. The molecule has 0 spiro atoms. The van der Waals surface area contributed by atoms with E-state index < -0.39 is 11.7 Å². The van der Waals surface area contributed by atoms with Crippen LogP contribution in [-0.4, -0.2) is 37.4 Å². The van der Waals surface area contributed by atoms with E-state index in [1.165, 1.54) is 0 Å². The van der Waals surface area contributed by atoms with Crippen LogP contribution in [0.3, 0.4) is 0 Å². The molecule has 5 nitrogen and oxygen atoms in total. The number of ether oxygens (including phenoxy) is 1. The summed E-state index contributed by atoms with van der Waals surface area (Å²) in [6, 6.07) is 0.0720. The van der Waals surface area contributed by atoms with Crippen LogP contribution >= 0.6 is 0 Å². The van der Waals surface area contributed by atoms with Crippen LogP contribution in [0.2, 0.25) is 0 Å². The van der Waals surface area contributed by atoms with Crippen molar-refractivity contribution in [3.05, 3.63) is 12.2 Å². The zero-order valence-electron chi connectivity index (χ0n) is 12.0. The van der Waals surface area contributed by atoms with Crippen LogP contribution < -0.4 is 16.4 Å². The molecule has 0 saturated heterocycles. The van der Waals surface area contributed by atoms with E-state index in [0.29, 0.717) is 13.1 Å². The van der Waals surface area contributed by atoms with Crippen LogP contribution in [0.4, 0.5) is 4.79 Å². The number of hydrogen-bond donors (Lipinski definition) is 3. The minimum Gasteiger partial charge on any atom is -0.444 e. The van der Waals surface area contributed by atoms with Gasteiger partial charge in [0.05, 0.1) is 0 Å². The molecule has 0 saturated carbocycles. The molecule has 0 aromatic carbocycles. The first-order valence-electron chi connectivity index (χ1n) is 6.40. The minimum absolute atomic E-state index is 0.0720. The molecule has 0 aliphatic carbocycles. The van der Waals surface area contributed by atoms with Crippen LogP contribution in [-0.2, 0) is 4.74 Å². The number of nitrogens with one attached hydrogen (secondary N) is 2. The zero-order valence-corrected chi connectivity index (χ0v) is 12.0. The minimum atomic E-state index is -0.471. The summed E-state index contributed by atoms with van der Waals surface area (Å²) in [7, 11) is 0. The lowest BCUT2D eigenvalue weighted by Gasteiger charge is -2.22. The Morgan fingerprint density at radius 1 is 1.44 bits per heavy atom. The highest BCUT2D eigenvalue weighted by Crippen LogP contribution is 2.06. The maximum absolute atomic E-state index is 11.4. The van der Waals surface area contributed by atoms with Crippen LogP contribution in [0.5, 0.6) is 0 Å². The number of nitrogens with two attached hydrogens (primary N) is 1. The van der Waals surface area contributed by atoms with E-state index >= 15 is 0 Å². The first kappa shape index (κ1) is 16.9. The Morgan fingerprint density at radius 2 is 2.11 bits per heavy atom. The third-order valence-electron chi connectivity index (χ3n) is 2.16. The topological polar surface area (TPSA) is 76.4 Å². The number of alkyl carbamates (subject to hydrolysis) is 1. The van der Waals surface area contributed by atoms with Gasteiger partial charge < -0.3 is 21.1 Å². The standard InChI is InChI=1S/C13H27N3O2/c1-5-6-7-8-15-11(9-14)10-16-12(17)18-13(2,3)4/h5-6,11,15H,7-10,14H2,1-4H3,(H,16,17)/b6-5+. The second kappa shape index (κ2) is 8.94. The molecule has 4 N–H and O–H groups in total. The van der Waals surface area contributed by atoms with Gasteiger partial charge in [0.15, 0.2) is 0 Å². The van der Waals surface area contributed by atoms with Crippen molar-refractivity contribution < 1.29 is 9.53 Å². The first-order valence-corrected chi connectivity index (χ1v) is 6.40. The van der Waals surface area contributed by atoms with E-state index in [1.54, 1.807) is 0 Å². The van der Waals surface area contributed by atoms with Gasteiger partial charge in [-0.05, 0) is 40.7 Å². The molecule has 0 aromatic heterocycles. The van der Waals surface area contributed by atoms with Gasteiger partial charge in [0.2, 0.25) is 0 Å². The molecule has 106 valence electrons. The van der Waals surface area contributed by atoms with Gasteiger partial charge in [0, 0.05) is 19.1 Å². The summed E-state index contributed by atoms with van der Waals surface area (Å²) in [6.07, 6.45) is 4.65. The number of amides is 1. The quantitative estimate of drug-likeness (QED) is 0.476. The van der Waals surface area contributed by atoms with Crippen molar-refractivity contribution in [3.63, 3.8) is 0 Å². The SMILES string of the molecule is C/C=C/CCNC(CN)CNC(=O)OC(C)(C)C. The van der Waals surface area contributed by atoms with Gasteiger partial charge in [-0.15, -0.1) is 0 Å². The summed E-state index contributed by atoms with van der Waals surface area (Å²) in [5.41, 5.74) is 5.16. The molecule has 0 aliphatic heterocycles. The Hall–Kier alpha value is -1.07. The molecule has 1 unspecified atom stereocenters. The van der Waals surface area contributed by atoms with E-state index in [2.05, 4.69) is 16.7 Å². The smallest absolute Gasteiger partial charge is 0.407 e. The van der Waals surface area contributed by atoms with Crippen molar-refractivity contribution in [2.75, 3.05) is 19.6 Å². The van der Waals surface area contributed by atoms with Crippen molar-refractivity contribution in [1.82, 2.24) is 10.6 Å². The van der Waals surface area contributed by atoms with E-state index in [1.807, 2.05) is 33.8 Å². The molecule has 0 radical (unpaired) electrons. The highest BCUT2D eigenvalue weighted by molar-refractivity contribution is 5.67. The van der Waals surface area contributed by atoms with Gasteiger partial charge in [-0.2, -0.15) is 0 Å². The van der Waals surface area contributed by atoms with E-state index in [0.717, 1.165) is 13.0 Å². The molecule has 0 heterocycles. The summed E-state index contributed by atoms with van der Waals surface area (Å²) >= 11 is 0. The number of allylic oxidation sites excluding steroid dienone is 1.